The molecule has 206 valence electrons. The van der Waals surface area contributed by atoms with Gasteiger partial charge in [-0.25, -0.2) is 13.4 Å². The van der Waals surface area contributed by atoms with Crippen LogP contribution >= 0.6 is 11.3 Å². The van der Waals surface area contributed by atoms with E-state index in [4.69, 9.17) is 4.98 Å². The number of unbranched alkanes of at least 4 members (excludes halogenated alkanes) is 1. The molecule has 0 aliphatic carbocycles. The highest BCUT2D eigenvalue weighted by atomic mass is 32.2. The summed E-state index contributed by atoms with van der Waals surface area (Å²) in [6.45, 7) is 12.0. The molecule has 0 saturated carbocycles. The van der Waals surface area contributed by atoms with Crippen molar-refractivity contribution in [3.05, 3.63) is 53.6 Å². The van der Waals surface area contributed by atoms with E-state index in [9.17, 15) is 13.2 Å². The van der Waals surface area contributed by atoms with Gasteiger partial charge in [0.15, 0.2) is 5.13 Å². The Kier molecular flexibility index (Phi) is 9.75. The molecular weight excluding hydrogens is 518 g/mol. The van der Waals surface area contributed by atoms with Gasteiger partial charge in [-0.15, -0.1) is 0 Å². The van der Waals surface area contributed by atoms with E-state index in [1.165, 1.54) is 26.7 Å². The first kappa shape index (κ1) is 28.5. The Balaban J connectivity index is 1.23. The number of sulfonamides is 1. The summed E-state index contributed by atoms with van der Waals surface area (Å²) in [6, 6.07) is 12.8. The molecule has 4 rings (SSSR count). The Labute approximate surface area is 230 Å². The van der Waals surface area contributed by atoms with E-state index in [1.54, 1.807) is 23.5 Å². The quantitative estimate of drug-likeness (QED) is 0.359. The fourth-order valence-corrected chi connectivity index (χ4v) is 7.18. The Morgan fingerprint density at radius 2 is 1.79 bits per heavy atom. The van der Waals surface area contributed by atoms with Crippen LogP contribution in [0.25, 0.3) is 10.2 Å². The van der Waals surface area contributed by atoms with E-state index >= 15 is 0 Å². The van der Waals surface area contributed by atoms with Gasteiger partial charge in [0.1, 0.15) is 0 Å². The topological polar surface area (TPSA) is 85.8 Å². The largest absolute Gasteiger partial charge is 0.351 e. The number of nitrogens with one attached hydrogen (secondary N) is 1. The van der Waals surface area contributed by atoms with Crippen molar-refractivity contribution in [1.29, 1.82) is 0 Å². The van der Waals surface area contributed by atoms with Crippen molar-refractivity contribution in [3.63, 3.8) is 0 Å². The third kappa shape index (κ3) is 6.72. The van der Waals surface area contributed by atoms with Crippen molar-refractivity contribution in [1.82, 2.24) is 19.5 Å². The predicted octanol–water partition coefficient (Wildman–Crippen LogP) is 4.22. The minimum absolute atomic E-state index is 0.188. The molecule has 0 bridgehead atoms. The molecule has 0 radical (unpaired) electrons. The minimum atomic E-state index is -3.55. The highest BCUT2D eigenvalue weighted by molar-refractivity contribution is 7.89. The summed E-state index contributed by atoms with van der Waals surface area (Å²) in [5.74, 6) is -0.188. The van der Waals surface area contributed by atoms with Crippen LogP contribution in [0.4, 0.5) is 5.13 Å². The third-order valence-electron chi connectivity index (χ3n) is 7.07. The summed E-state index contributed by atoms with van der Waals surface area (Å²) >= 11 is 1.76. The van der Waals surface area contributed by atoms with Gasteiger partial charge in [0.05, 0.1) is 15.1 Å². The molecule has 3 aromatic rings. The maximum absolute atomic E-state index is 12.9. The molecule has 1 aliphatic rings. The lowest BCUT2D eigenvalue weighted by molar-refractivity contribution is 0.0947. The number of thiazole rings is 1. The van der Waals surface area contributed by atoms with Gasteiger partial charge in [-0.2, -0.15) is 4.31 Å². The average Bonchev–Trinajstić information content (AvgIpc) is 3.37. The molecule has 1 amide bonds. The maximum atomic E-state index is 12.9. The number of benzene rings is 2. The van der Waals surface area contributed by atoms with Crippen molar-refractivity contribution < 1.29 is 13.2 Å². The van der Waals surface area contributed by atoms with Gasteiger partial charge in [-0.3, -0.25) is 9.69 Å². The second-order valence-corrected chi connectivity index (χ2v) is 12.6. The van der Waals surface area contributed by atoms with Crippen molar-refractivity contribution in [3.8, 4) is 0 Å². The van der Waals surface area contributed by atoms with E-state index in [1.807, 2.05) is 13.8 Å². The zero-order valence-electron chi connectivity index (χ0n) is 22.6. The van der Waals surface area contributed by atoms with Crippen molar-refractivity contribution in [2.24, 2.45) is 0 Å². The zero-order valence-corrected chi connectivity index (χ0v) is 24.3. The summed E-state index contributed by atoms with van der Waals surface area (Å²) in [5.41, 5.74) is 2.87. The lowest BCUT2D eigenvalue weighted by atomic mass is 10.2. The smallest absolute Gasteiger partial charge is 0.251 e. The van der Waals surface area contributed by atoms with Crippen LogP contribution in [0.2, 0.25) is 0 Å². The van der Waals surface area contributed by atoms with E-state index in [-0.39, 0.29) is 10.8 Å². The molecule has 0 spiro atoms. The fourth-order valence-electron chi connectivity index (χ4n) is 4.61. The molecule has 8 nitrogen and oxygen atoms in total. The molecule has 1 aromatic heterocycles. The number of nitrogens with zero attached hydrogens (tertiary/aromatic N) is 4. The number of hydrogen-bond acceptors (Lipinski definition) is 7. The van der Waals surface area contributed by atoms with Crippen LogP contribution in [0.3, 0.4) is 0 Å². The number of fused-ring (bicyclic) bond motifs is 1. The number of piperazine rings is 1. The Morgan fingerprint density at radius 3 is 2.45 bits per heavy atom. The van der Waals surface area contributed by atoms with Crippen LogP contribution in [-0.4, -0.2) is 80.9 Å². The van der Waals surface area contributed by atoms with Gasteiger partial charge < -0.3 is 10.2 Å². The molecule has 10 heteroatoms. The molecule has 0 atom stereocenters. The molecule has 2 aromatic carbocycles. The van der Waals surface area contributed by atoms with Gasteiger partial charge >= 0.3 is 0 Å². The predicted molar refractivity (Wildman–Crippen MR) is 156 cm³/mol. The number of aryl methyl sites for hydroxylation is 1. The highest BCUT2D eigenvalue weighted by Crippen LogP contribution is 2.30. The van der Waals surface area contributed by atoms with Crippen molar-refractivity contribution in [2.75, 3.05) is 57.3 Å². The fraction of sp³-hybridized carbons (Fsp3) is 0.500. The molecule has 0 unspecified atom stereocenters. The Morgan fingerprint density at radius 1 is 1.05 bits per heavy atom. The number of anilines is 1. The monoisotopic (exact) mass is 557 g/mol. The number of hydrogen-bond donors (Lipinski definition) is 1. The molecule has 1 N–H and O–H groups in total. The van der Waals surface area contributed by atoms with Crippen molar-refractivity contribution >= 4 is 42.6 Å². The first-order valence-electron chi connectivity index (χ1n) is 13.6. The van der Waals surface area contributed by atoms with Crippen LogP contribution in [0, 0.1) is 0 Å². The first-order valence-corrected chi connectivity index (χ1v) is 15.9. The van der Waals surface area contributed by atoms with Gasteiger partial charge in [0.2, 0.25) is 10.0 Å². The van der Waals surface area contributed by atoms with E-state index in [0.717, 1.165) is 62.6 Å². The minimum Gasteiger partial charge on any atom is -0.351 e. The first-order chi connectivity index (χ1) is 18.3. The maximum Gasteiger partial charge on any atom is 0.251 e. The van der Waals surface area contributed by atoms with E-state index in [2.05, 4.69) is 40.2 Å². The number of rotatable bonds is 12. The van der Waals surface area contributed by atoms with Gasteiger partial charge in [-0.1, -0.05) is 44.6 Å². The number of aromatic nitrogens is 1. The lowest BCUT2D eigenvalue weighted by Crippen LogP contribution is -2.48. The SMILES string of the molecule is CCCCN(CC)S(=O)(=O)c1ccc(C(=O)NCCN2CCN(c3nc4ccc(CC)cc4s3)CC2)cc1. The summed E-state index contributed by atoms with van der Waals surface area (Å²) < 4.78 is 28.5. The standard InChI is InChI=1S/C28H39N5O3S2/c1-4-7-15-33(6-3)38(35,36)24-11-9-23(10-12-24)27(34)29-14-16-31-17-19-32(20-18-31)28-30-25-13-8-22(5-2)21-26(25)37-28/h8-13,21H,4-7,14-20H2,1-3H3,(H,29,34). The molecular formula is C28H39N5O3S2. The normalized spacial score (nSPS) is 14.9. The summed E-state index contributed by atoms with van der Waals surface area (Å²) in [6.07, 6.45) is 2.79. The highest BCUT2D eigenvalue weighted by Gasteiger charge is 2.23. The Hall–Kier alpha value is -2.53. The van der Waals surface area contributed by atoms with Crippen molar-refractivity contribution in [2.45, 2.75) is 44.9 Å². The van der Waals surface area contributed by atoms with E-state index < -0.39 is 10.0 Å². The molecule has 1 aliphatic heterocycles. The molecule has 2 heterocycles. The molecule has 38 heavy (non-hydrogen) atoms. The third-order valence-corrected chi connectivity index (χ3v) is 10.1. The van der Waals surface area contributed by atoms with Gasteiger partial charge in [-0.05, 0) is 54.8 Å². The lowest BCUT2D eigenvalue weighted by Gasteiger charge is -2.34. The van der Waals surface area contributed by atoms with Gasteiger partial charge in [0, 0.05) is 57.9 Å². The second kappa shape index (κ2) is 13.0. The number of carbonyl (C=O) groups excluding carboxylic acids is 1. The zero-order chi connectivity index (χ0) is 27.1. The van der Waals surface area contributed by atoms with Crippen LogP contribution < -0.4 is 10.2 Å². The summed E-state index contributed by atoms with van der Waals surface area (Å²) in [5, 5.41) is 4.06. The number of carbonyl (C=O) groups is 1. The Bertz CT molecular complexity index is 1320. The van der Waals surface area contributed by atoms with Gasteiger partial charge in [0.25, 0.3) is 5.91 Å². The van der Waals surface area contributed by atoms with E-state index in [0.29, 0.717) is 25.2 Å². The van der Waals surface area contributed by atoms with Crippen LogP contribution in [0.15, 0.2) is 47.4 Å². The second-order valence-electron chi connectivity index (χ2n) is 9.61. The molecule has 1 fully saturated rings. The van der Waals surface area contributed by atoms with Crippen LogP contribution in [0.1, 0.15) is 49.5 Å². The van der Waals surface area contributed by atoms with Crippen LogP contribution in [0.5, 0.6) is 0 Å². The number of amides is 1. The summed E-state index contributed by atoms with van der Waals surface area (Å²) in [4.78, 5) is 22.4. The summed E-state index contributed by atoms with van der Waals surface area (Å²) in [7, 11) is -3.55. The molecule has 1 saturated heterocycles. The van der Waals surface area contributed by atoms with Crippen LogP contribution in [-0.2, 0) is 16.4 Å². The average molecular weight is 558 g/mol.